The van der Waals surface area contributed by atoms with Gasteiger partial charge in [0.1, 0.15) is 0 Å². The zero-order chi connectivity index (χ0) is 11.2. The van der Waals surface area contributed by atoms with Crippen molar-refractivity contribution in [2.75, 3.05) is 6.54 Å². The lowest BCUT2D eigenvalue weighted by atomic mass is 9.97. The molecule has 0 unspecified atom stereocenters. The second-order valence-corrected chi connectivity index (χ2v) is 5.50. The Bertz CT molecular complexity index is 379. The number of hydrogen-bond acceptors (Lipinski definition) is 1. The van der Waals surface area contributed by atoms with Crippen LogP contribution in [0.3, 0.4) is 0 Å². The molecule has 1 fully saturated rings. The fraction of sp³-hybridized carbons (Fsp3) is 0.571. The summed E-state index contributed by atoms with van der Waals surface area (Å²) in [4.78, 5) is 0. The summed E-state index contributed by atoms with van der Waals surface area (Å²) >= 11 is 0. The van der Waals surface area contributed by atoms with Gasteiger partial charge in [-0.15, -0.1) is 0 Å². The van der Waals surface area contributed by atoms with Crippen LogP contribution in [-0.2, 0) is 0 Å². The Morgan fingerprint density at radius 1 is 1.27 bits per heavy atom. The second kappa shape index (κ2) is 3.34. The van der Waals surface area contributed by atoms with E-state index in [2.05, 4.69) is 45.9 Å². The molecule has 2 N–H and O–H groups in total. The summed E-state index contributed by atoms with van der Waals surface area (Å²) in [6.07, 6.45) is 0. The van der Waals surface area contributed by atoms with E-state index in [0.29, 0.717) is 17.3 Å². The Labute approximate surface area is 92.7 Å². The number of aryl methyl sites for hydroxylation is 2. The van der Waals surface area contributed by atoms with Gasteiger partial charge in [0.2, 0.25) is 0 Å². The summed E-state index contributed by atoms with van der Waals surface area (Å²) in [5.74, 6) is 1.34. The Morgan fingerprint density at radius 2 is 1.93 bits per heavy atom. The van der Waals surface area contributed by atoms with Crippen LogP contribution in [0.5, 0.6) is 0 Å². The highest BCUT2D eigenvalue weighted by atomic mass is 14.7. The molecule has 0 radical (unpaired) electrons. The fourth-order valence-corrected chi connectivity index (χ4v) is 2.98. The summed E-state index contributed by atoms with van der Waals surface area (Å²) in [5, 5.41) is 0. The van der Waals surface area contributed by atoms with Gasteiger partial charge < -0.3 is 5.73 Å². The van der Waals surface area contributed by atoms with E-state index >= 15 is 0 Å². The molecule has 1 nitrogen and oxygen atoms in total. The molecule has 15 heavy (non-hydrogen) atoms. The fourth-order valence-electron chi connectivity index (χ4n) is 2.98. The second-order valence-electron chi connectivity index (χ2n) is 5.50. The minimum atomic E-state index is 0.398. The summed E-state index contributed by atoms with van der Waals surface area (Å²) in [6, 6.07) is 6.77. The minimum absolute atomic E-state index is 0.398. The third-order valence-corrected chi connectivity index (χ3v) is 4.06. The van der Waals surface area contributed by atoms with Gasteiger partial charge in [-0.3, -0.25) is 0 Å². The van der Waals surface area contributed by atoms with Crippen LogP contribution in [0.1, 0.15) is 36.5 Å². The van der Waals surface area contributed by atoms with Crippen molar-refractivity contribution in [3.63, 3.8) is 0 Å². The van der Waals surface area contributed by atoms with Crippen molar-refractivity contribution in [3.05, 3.63) is 34.9 Å². The topological polar surface area (TPSA) is 26.0 Å². The third-order valence-electron chi connectivity index (χ3n) is 4.06. The number of rotatable bonds is 2. The first-order chi connectivity index (χ1) is 6.98. The SMILES string of the molecule is Cc1ccc([C@H]2[C@H](CN)C2(C)C)c(C)c1. The smallest absolute Gasteiger partial charge is 0.00375 e. The molecule has 1 aromatic rings. The van der Waals surface area contributed by atoms with Crippen LogP contribution in [-0.4, -0.2) is 6.54 Å². The Kier molecular flexibility index (Phi) is 2.38. The molecule has 0 spiro atoms. The molecule has 0 aromatic heterocycles. The third kappa shape index (κ3) is 1.59. The van der Waals surface area contributed by atoms with Gasteiger partial charge in [0.25, 0.3) is 0 Å². The Hall–Kier alpha value is -0.820. The summed E-state index contributed by atoms with van der Waals surface area (Å²) in [6.45, 7) is 9.83. The van der Waals surface area contributed by atoms with Gasteiger partial charge in [-0.1, -0.05) is 37.6 Å². The van der Waals surface area contributed by atoms with E-state index in [0.717, 1.165) is 6.54 Å². The Balaban J connectivity index is 2.33. The van der Waals surface area contributed by atoms with Gasteiger partial charge in [0.05, 0.1) is 0 Å². The highest BCUT2D eigenvalue weighted by Crippen LogP contribution is 2.64. The van der Waals surface area contributed by atoms with Crippen molar-refractivity contribution >= 4 is 0 Å². The predicted molar refractivity (Wildman–Crippen MR) is 65.0 cm³/mol. The van der Waals surface area contributed by atoms with Gasteiger partial charge in [0.15, 0.2) is 0 Å². The molecule has 1 aliphatic rings. The zero-order valence-electron chi connectivity index (χ0n) is 10.2. The molecule has 2 atom stereocenters. The van der Waals surface area contributed by atoms with Crippen LogP contribution < -0.4 is 5.73 Å². The van der Waals surface area contributed by atoms with E-state index in [1.54, 1.807) is 0 Å². The lowest BCUT2D eigenvalue weighted by Gasteiger charge is -2.08. The summed E-state index contributed by atoms with van der Waals surface area (Å²) in [7, 11) is 0. The molecule has 1 heteroatoms. The molecule has 2 rings (SSSR count). The number of benzene rings is 1. The van der Waals surface area contributed by atoms with Gasteiger partial charge in [-0.05, 0) is 48.8 Å². The first-order valence-electron chi connectivity index (χ1n) is 5.75. The maximum absolute atomic E-state index is 5.82. The van der Waals surface area contributed by atoms with Crippen LogP contribution in [0.25, 0.3) is 0 Å². The normalized spacial score (nSPS) is 27.8. The Morgan fingerprint density at radius 3 is 2.40 bits per heavy atom. The predicted octanol–water partition coefficient (Wildman–Crippen LogP) is 3.00. The van der Waals surface area contributed by atoms with Crippen LogP contribution in [0.4, 0.5) is 0 Å². The van der Waals surface area contributed by atoms with Gasteiger partial charge in [-0.2, -0.15) is 0 Å². The molecule has 0 bridgehead atoms. The monoisotopic (exact) mass is 203 g/mol. The summed E-state index contributed by atoms with van der Waals surface area (Å²) < 4.78 is 0. The van der Waals surface area contributed by atoms with Crippen molar-refractivity contribution in [1.82, 2.24) is 0 Å². The van der Waals surface area contributed by atoms with Gasteiger partial charge in [0, 0.05) is 0 Å². The quantitative estimate of drug-likeness (QED) is 0.785. The lowest BCUT2D eigenvalue weighted by Crippen LogP contribution is -2.05. The molecule has 1 aromatic carbocycles. The number of hydrogen-bond donors (Lipinski definition) is 1. The molecule has 0 amide bonds. The minimum Gasteiger partial charge on any atom is -0.330 e. The largest absolute Gasteiger partial charge is 0.330 e. The van der Waals surface area contributed by atoms with E-state index in [4.69, 9.17) is 5.73 Å². The first-order valence-corrected chi connectivity index (χ1v) is 5.75. The van der Waals surface area contributed by atoms with E-state index in [1.807, 2.05) is 0 Å². The average Bonchev–Trinajstić information content (AvgIpc) is 2.68. The van der Waals surface area contributed by atoms with E-state index < -0.39 is 0 Å². The number of nitrogens with two attached hydrogens (primary N) is 1. The molecular formula is C14H21N. The first kappa shape index (κ1) is 10.7. The zero-order valence-corrected chi connectivity index (χ0v) is 10.2. The van der Waals surface area contributed by atoms with Gasteiger partial charge in [-0.25, -0.2) is 0 Å². The molecule has 0 aliphatic heterocycles. The van der Waals surface area contributed by atoms with Crippen molar-refractivity contribution in [3.8, 4) is 0 Å². The lowest BCUT2D eigenvalue weighted by molar-refractivity contribution is 0.558. The van der Waals surface area contributed by atoms with E-state index in [1.165, 1.54) is 16.7 Å². The van der Waals surface area contributed by atoms with Crippen molar-refractivity contribution < 1.29 is 0 Å². The molecule has 0 heterocycles. The van der Waals surface area contributed by atoms with Crippen LogP contribution in [0, 0.1) is 25.2 Å². The highest BCUT2D eigenvalue weighted by Gasteiger charge is 2.57. The maximum Gasteiger partial charge on any atom is -0.00375 e. The van der Waals surface area contributed by atoms with Crippen molar-refractivity contribution in [2.24, 2.45) is 17.1 Å². The highest BCUT2D eigenvalue weighted by molar-refractivity contribution is 5.39. The van der Waals surface area contributed by atoms with Crippen molar-refractivity contribution in [1.29, 1.82) is 0 Å². The standard InChI is InChI=1S/C14H21N/c1-9-5-6-11(10(2)7-9)13-12(8-15)14(13,3)4/h5-7,12-13H,8,15H2,1-4H3/t12-,13-/m0/s1. The van der Waals surface area contributed by atoms with Crippen LogP contribution in [0.15, 0.2) is 18.2 Å². The van der Waals surface area contributed by atoms with Crippen LogP contribution >= 0.6 is 0 Å². The summed E-state index contributed by atoms with van der Waals surface area (Å²) in [5.41, 5.74) is 10.5. The van der Waals surface area contributed by atoms with Crippen LogP contribution in [0.2, 0.25) is 0 Å². The molecular weight excluding hydrogens is 182 g/mol. The van der Waals surface area contributed by atoms with Crippen molar-refractivity contribution in [2.45, 2.75) is 33.6 Å². The molecule has 0 saturated heterocycles. The van der Waals surface area contributed by atoms with Gasteiger partial charge >= 0.3 is 0 Å². The average molecular weight is 203 g/mol. The molecule has 1 aliphatic carbocycles. The maximum atomic E-state index is 5.82. The molecule has 82 valence electrons. The van der Waals surface area contributed by atoms with E-state index in [9.17, 15) is 0 Å². The molecule has 1 saturated carbocycles. The van der Waals surface area contributed by atoms with E-state index in [-0.39, 0.29) is 0 Å².